The van der Waals surface area contributed by atoms with Crippen molar-refractivity contribution in [2.75, 3.05) is 18.9 Å². The Morgan fingerprint density at radius 1 is 1.36 bits per heavy atom. The Morgan fingerprint density at radius 2 is 2.18 bits per heavy atom. The van der Waals surface area contributed by atoms with Gasteiger partial charge in [-0.2, -0.15) is 0 Å². The normalized spacial score (nSPS) is 10.4. The molecular weight excluding hydrogens is 300 g/mol. The lowest BCUT2D eigenvalue weighted by molar-refractivity contribution is -0.142. The van der Waals surface area contributed by atoms with Crippen LogP contribution >= 0.6 is 11.3 Å². The summed E-state index contributed by atoms with van der Waals surface area (Å²) in [7, 11) is 0. The van der Waals surface area contributed by atoms with Gasteiger partial charge in [0.1, 0.15) is 5.75 Å². The number of aryl methyl sites for hydroxylation is 1. The number of rotatable bonds is 8. The number of para-hydroxylation sites is 2. The van der Waals surface area contributed by atoms with E-state index in [1.165, 1.54) is 0 Å². The number of ether oxygens (including phenoxy) is 2. The number of nitrogens with zero attached hydrogens (tertiary/aromatic N) is 1. The maximum atomic E-state index is 11.4. The molecule has 1 heterocycles. The van der Waals surface area contributed by atoms with Crippen LogP contribution in [0.1, 0.15) is 24.0 Å². The minimum absolute atomic E-state index is 0.234. The molecule has 0 unspecified atom stereocenters. The second-order valence-corrected chi connectivity index (χ2v) is 5.65. The van der Waals surface area contributed by atoms with Gasteiger partial charge in [-0.1, -0.05) is 12.1 Å². The fraction of sp³-hybridized carbons (Fsp3) is 0.375. The Labute approximate surface area is 134 Å². The summed E-state index contributed by atoms with van der Waals surface area (Å²) in [5, 5.41) is 2.91. The van der Waals surface area contributed by atoms with Crippen LogP contribution in [-0.4, -0.2) is 24.2 Å². The quantitative estimate of drug-likeness (QED) is 0.460. The molecule has 0 bridgehead atoms. The van der Waals surface area contributed by atoms with Crippen LogP contribution in [0.5, 0.6) is 5.75 Å². The van der Waals surface area contributed by atoms with Gasteiger partial charge in [-0.25, -0.2) is 4.98 Å². The number of benzene rings is 1. The van der Waals surface area contributed by atoms with Crippen LogP contribution < -0.4 is 10.5 Å². The van der Waals surface area contributed by atoms with Crippen molar-refractivity contribution in [2.45, 2.75) is 26.2 Å². The molecule has 5 nitrogen and oxygen atoms in total. The first kappa shape index (κ1) is 16.3. The van der Waals surface area contributed by atoms with E-state index in [4.69, 9.17) is 15.2 Å². The zero-order valence-corrected chi connectivity index (χ0v) is 13.4. The number of anilines is 1. The van der Waals surface area contributed by atoms with Crippen LogP contribution in [0.3, 0.4) is 0 Å². The minimum atomic E-state index is -0.234. The second-order valence-electron chi connectivity index (χ2n) is 4.70. The first-order chi connectivity index (χ1) is 10.7. The zero-order chi connectivity index (χ0) is 15.8. The molecule has 6 heteroatoms. The summed E-state index contributed by atoms with van der Waals surface area (Å²) in [5.74, 6) is 0.479. The second kappa shape index (κ2) is 8.38. The van der Waals surface area contributed by atoms with Gasteiger partial charge < -0.3 is 15.2 Å². The van der Waals surface area contributed by atoms with E-state index in [9.17, 15) is 4.79 Å². The van der Waals surface area contributed by atoms with E-state index in [2.05, 4.69) is 4.98 Å². The van der Waals surface area contributed by atoms with Crippen molar-refractivity contribution in [1.29, 1.82) is 0 Å². The van der Waals surface area contributed by atoms with Gasteiger partial charge in [-0.3, -0.25) is 4.79 Å². The SMILES string of the molecule is CCOC(=O)Cc1csc(CCCOc2ccccc2N)n1. The van der Waals surface area contributed by atoms with E-state index in [1.54, 1.807) is 18.3 Å². The molecule has 22 heavy (non-hydrogen) atoms. The molecule has 0 saturated heterocycles. The van der Waals surface area contributed by atoms with Crippen LogP contribution in [0.25, 0.3) is 0 Å². The van der Waals surface area contributed by atoms with E-state index >= 15 is 0 Å². The summed E-state index contributed by atoms with van der Waals surface area (Å²) >= 11 is 1.56. The molecule has 2 rings (SSSR count). The van der Waals surface area contributed by atoms with Crippen molar-refractivity contribution < 1.29 is 14.3 Å². The largest absolute Gasteiger partial charge is 0.491 e. The molecule has 0 amide bonds. The van der Waals surface area contributed by atoms with Crippen molar-refractivity contribution >= 4 is 23.0 Å². The third kappa shape index (κ3) is 5.04. The minimum Gasteiger partial charge on any atom is -0.491 e. The maximum Gasteiger partial charge on any atom is 0.311 e. The number of nitrogen functional groups attached to an aromatic ring is 1. The number of nitrogens with two attached hydrogens (primary N) is 1. The molecule has 0 atom stereocenters. The molecular formula is C16H20N2O3S. The van der Waals surface area contributed by atoms with Crippen molar-refractivity contribution in [1.82, 2.24) is 4.98 Å². The summed E-state index contributed by atoms with van der Waals surface area (Å²) in [4.78, 5) is 15.8. The number of carbonyl (C=O) groups is 1. The van der Waals surface area contributed by atoms with Gasteiger partial charge in [0, 0.05) is 11.8 Å². The predicted molar refractivity (Wildman–Crippen MR) is 87.1 cm³/mol. The van der Waals surface area contributed by atoms with E-state index in [1.807, 2.05) is 29.6 Å². The fourth-order valence-electron chi connectivity index (χ4n) is 1.92. The standard InChI is InChI=1S/C16H20N2O3S/c1-2-20-16(19)10-12-11-22-15(18-12)8-5-9-21-14-7-4-3-6-13(14)17/h3-4,6-7,11H,2,5,8-10,17H2,1H3. The van der Waals surface area contributed by atoms with Crippen LogP contribution in [-0.2, 0) is 22.4 Å². The molecule has 0 aliphatic carbocycles. The summed E-state index contributed by atoms with van der Waals surface area (Å²) in [5.41, 5.74) is 7.23. The van der Waals surface area contributed by atoms with E-state index in [0.717, 1.165) is 23.5 Å². The Morgan fingerprint density at radius 3 is 2.95 bits per heavy atom. The van der Waals surface area contributed by atoms with Gasteiger partial charge in [-0.05, 0) is 25.5 Å². The number of hydrogen-bond acceptors (Lipinski definition) is 6. The lowest BCUT2D eigenvalue weighted by Gasteiger charge is -2.07. The number of carbonyl (C=O) groups excluding carboxylic acids is 1. The molecule has 2 N–H and O–H groups in total. The fourth-order valence-corrected chi connectivity index (χ4v) is 2.76. The Hall–Kier alpha value is -2.08. The Bertz CT molecular complexity index is 613. The van der Waals surface area contributed by atoms with Crippen molar-refractivity contribution in [2.24, 2.45) is 0 Å². The Balaban J connectivity index is 1.72. The topological polar surface area (TPSA) is 74.4 Å². The van der Waals surface area contributed by atoms with E-state index in [-0.39, 0.29) is 12.4 Å². The lowest BCUT2D eigenvalue weighted by Crippen LogP contribution is -2.07. The molecule has 0 aliphatic rings. The van der Waals surface area contributed by atoms with Gasteiger partial charge in [0.05, 0.1) is 36.0 Å². The highest BCUT2D eigenvalue weighted by molar-refractivity contribution is 7.09. The predicted octanol–water partition coefficient (Wildman–Crippen LogP) is 2.84. The zero-order valence-electron chi connectivity index (χ0n) is 12.6. The van der Waals surface area contributed by atoms with Gasteiger partial charge in [-0.15, -0.1) is 11.3 Å². The van der Waals surface area contributed by atoms with E-state index in [0.29, 0.717) is 24.7 Å². The number of thiazole rings is 1. The van der Waals surface area contributed by atoms with Crippen molar-refractivity contribution in [3.05, 3.63) is 40.3 Å². The number of aromatic nitrogens is 1. The van der Waals surface area contributed by atoms with Crippen LogP contribution in [0.2, 0.25) is 0 Å². The molecule has 2 aromatic rings. The molecule has 1 aromatic heterocycles. The van der Waals surface area contributed by atoms with Gasteiger partial charge >= 0.3 is 5.97 Å². The molecule has 0 radical (unpaired) electrons. The van der Waals surface area contributed by atoms with Crippen LogP contribution in [0.15, 0.2) is 29.6 Å². The highest BCUT2D eigenvalue weighted by atomic mass is 32.1. The third-order valence-electron chi connectivity index (χ3n) is 2.94. The summed E-state index contributed by atoms with van der Waals surface area (Å²) < 4.78 is 10.5. The maximum absolute atomic E-state index is 11.4. The molecule has 118 valence electrons. The van der Waals surface area contributed by atoms with Crippen molar-refractivity contribution in [3.63, 3.8) is 0 Å². The van der Waals surface area contributed by atoms with Gasteiger partial charge in [0.2, 0.25) is 0 Å². The monoisotopic (exact) mass is 320 g/mol. The van der Waals surface area contributed by atoms with Crippen LogP contribution in [0, 0.1) is 0 Å². The number of hydrogen-bond donors (Lipinski definition) is 1. The smallest absolute Gasteiger partial charge is 0.311 e. The first-order valence-electron chi connectivity index (χ1n) is 7.25. The van der Waals surface area contributed by atoms with Crippen LogP contribution in [0.4, 0.5) is 5.69 Å². The molecule has 0 fully saturated rings. The Kier molecular flexibility index (Phi) is 6.21. The highest BCUT2D eigenvalue weighted by Crippen LogP contribution is 2.20. The van der Waals surface area contributed by atoms with Crippen molar-refractivity contribution in [3.8, 4) is 5.75 Å². The molecule has 0 spiro atoms. The average molecular weight is 320 g/mol. The highest BCUT2D eigenvalue weighted by Gasteiger charge is 2.08. The lowest BCUT2D eigenvalue weighted by atomic mass is 10.3. The van der Waals surface area contributed by atoms with E-state index < -0.39 is 0 Å². The third-order valence-corrected chi connectivity index (χ3v) is 3.90. The first-order valence-corrected chi connectivity index (χ1v) is 8.13. The average Bonchev–Trinajstić information content (AvgIpc) is 2.93. The van der Waals surface area contributed by atoms with Gasteiger partial charge in [0.25, 0.3) is 0 Å². The molecule has 0 aliphatic heterocycles. The summed E-state index contributed by atoms with van der Waals surface area (Å²) in [6.45, 7) is 2.78. The molecule has 0 saturated carbocycles. The number of esters is 1. The molecule has 1 aromatic carbocycles. The summed E-state index contributed by atoms with van der Waals surface area (Å²) in [6.07, 6.45) is 1.91. The summed E-state index contributed by atoms with van der Waals surface area (Å²) in [6, 6.07) is 7.45. The van der Waals surface area contributed by atoms with Gasteiger partial charge in [0.15, 0.2) is 0 Å².